The maximum absolute atomic E-state index is 10.9. The topological polar surface area (TPSA) is 72.9 Å². The summed E-state index contributed by atoms with van der Waals surface area (Å²) in [5, 5.41) is 16.9. The molecule has 0 amide bonds. The summed E-state index contributed by atoms with van der Waals surface area (Å²) in [4.78, 5) is 10.9. The summed E-state index contributed by atoms with van der Waals surface area (Å²) in [6, 6.07) is 0. The molecule has 92 valence electrons. The van der Waals surface area contributed by atoms with Gasteiger partial charge in [0.1, 0.15) is 0 Å². The van der Waals surface area contributed by atoms with Crippen molar-refractivity contribution in [2.24, 2.45) is 7.05 Å². The van der Waals surface area contributed by atoms with E-state index in [1.165, 1.54) is 4.68 Å². The van der Waals surface area contributed by atoms with Gasteiger partial charge in [-0.2, -0.15) is 10.2 Å². The lowest BCUT2D eigenvalue weighted by Crippen LogP contribution is -2.00. The summed E-state index contributed by atoms with van der Waals surface area (Å²) in [6.45, 7) is 2.75. The summed E-state index contributed by atoms with van der Waals surface area (Å²) in [6.07, 6.45) is 5.04. The molecule has 0 aromatic carbocycles. The highest BCUT2D eigenvalue weighted by Gasteiger charge is 2.12. The highest BCUT2D eigenvalue weighted by molar-refractivity contribution is 5.88. The molecule has 2 aromatic heterocycles. The van der Waals surface area contributed by atoms with Crippen LogP contribution in [0.25, 0.3) is 0 Å². The largest absolute Gasteiger partial charge is 0.476 e. The molecule has 2 aromatic rings. The van der Waals surface area contributed by atoms with Crippen LogP contribution in [0.1, 0.15) is 28.5 Å². The van der Waals surface area contributed by atoms with Gasteiger partial charge in [0.05, 0.1) is 17.3 Å². The van der Waals surface area contributed by atoms with Crippen LogP contribution in [0, 0.1) is 11.8 Å². The van der Waals surface area contributed by atoms with Crippen molar-refractivity contribution in [3.8, 4) is 11.8 Å². The second-order valence-electron chi connectivity index (χ2n) is 3.70. The fourth-order valence-electron chi connectivity index (χ4n) is 1.48. The number of aryl methyl sites for hydroxylation is 2. The van der Waals surface area contributed by atoms with Gasteiger partial charge >= 0.3 is 5.97 Å². The van der Waals surface area contributed by atoms with Crippen molar-refractivity contribution in [2.75, 3.05) is 0 Å². The average Bonchev–Trinajstić information content (AvgIpc) is 2.92. The van der Waals surface area contributed by atoms with Gasteiger partial charge in [-0.1, -0.05) is 11.8 Å². The van der Waals surface area contributed by atoms with Crippen molar-refractivity contribution < 1.29 is 9.90 Å². The molecule has 0 saturated carbocycles. The Hall–Kier alpha value is -2.55. The molecule has 18 heavy (non-hydrogen) atoms. The predicted octanol–water partition coefficient (Wildman–Crippen LogP) is 0.734. The standard InChI is InChI=1S/C12H12N4O2/c1-3-16-7-9(6-13-16)4-5-10-8-15(2)14-11(10)12(17)18/h6-8H,3H2,1-2H3,(H,17,18). The normalized spacial score (nSPS) is 9.89. The number of carboxylic acids is 1. The third kappa shape index (κ3) is 2.40. The zero-order valence-corrected chi connectivity index (χ0v) is 10.1. The van der Waals surface area contributed by atoms with Crippen molar-refractivity contribution in [2.45, 2.75) is 13.5 Å². The minimum absolute atomic E-state index is 0.0344. The van der Waals surface area contributed by atoms with E-state index < -0.39 is 5.97 Å². The van der Waals surface area contributed by atoms with Crippen molar-refractivity contribution in [1.29, 1.82) is 0 Å². The molecule has 0 saturated heterocycles. The van der Waals surface area contributed by atoms with E-state index in [2.05, 4.69) is 22.0 Å². The molecular weight excluding hydrogens is 232 g/mol. The quantitative estimate of drug-likeness (QED) is 0.790. The van der Waals surface area contributed by atoms with Gasteiger partial charge in [-0.15, -0.1) is 0 Å². The first-order valence-corrected chi connectivity index (χ1v) is 5.41. The van der Waals surface area contributed by atoms with Gasteiger partial charge in [-0.05, 0) is 6.92 Å². The van der Waals surface area contributed by atoms with Gasteiger partial charge in [-0.3, -0.25) is 9.36 Å². The maximum atomic E-state index is 10.9. The molecule has 0 fully saturated rings. The molecule has 0 spiro atoms. The van der Waals surface area contributed by atoms with Crippen LogP contribution in [0.4, 0.5) is 0 Å². The predicted molar refractivity (Wildman–Crippen MR) is 64.0 cm³/mol. The van der Waals surface area contributed by atoms with Crippen LogP contribution in [-0.4, -0.2) is 30.6 Å². The number of aromatic nitrogens is 4. The number of nitrogens with zero attached hydrogens (tertiary/aromatic N) is 4. The molecule has 0 aliphatic rings. The van der Waals surface area contributed by atoms with Crippen LogP contribution in [-0.2, 0) is 13.6 Å². The van der Waals surface area contributed by atoms with Gasteiger partial charge in [0, 0.05) is 26.0 Å². The van der Waals surface area contributed by atoms with E-state index in [0.29, 0.717) is 5.56 Å². The average molecular weight is 244 g/mol. The molecular formula is C12H12N4O2. The van der Waals surface area contributed by atoms with Crippen LogP contribution in [0.5, 0.6) is 0 Å². The Labute approximate surface area is 104 Å². The lowest BCUT2D eigenvalue weighted by atomic mass is 10.2. The van der Waals surface area contributed by atoms with Gasteiger partial charge in [0.25, 0.3) is 0 Å². The number of aromatic carboxylic acids is 1. The van der Waals surface area contributed by atoms with E-state index in [9.17, 15) is 4.79 Å². The van der Waals surface area contributed by atoms with Crippen LogP contribution >= 0.6 is 0 Å². The zero-order valence-electron chi connectivity index (χ0n) is 10.1. The van der Waals surface area contributed by atoms with Gasteiger partial charge in [0.2, 0.25) is 0 Å². The Morgan fingerprint density at radius 2 is 2.22 bits per heavy atom. The summed E-state index contributed by atoms with van der Waals surface area (Å²) in [7, 11) is 1.66. The Kier molecular flexibility index (Phi) is 3.15. The van der Waals surface area contributed by atoms with Crippen LogP contribution < -0.4 is 0 Å². The summed E-state index contributed by atoms with van der Waals surface area (Å²) < 4.78 is 3.19. The third-order valence-corrected chi connectivity index (χ3v) is 2.33. The summed E-state index contributed by atoms with van der Waals surface area (Å²) in [5.41, 5.74) is 1.11. The highest BCUT2D eigenvalue weighted by atomic mass is 16.4. The lowest BCUT2D eigenvalue weighted by Gasteiger charge is -1.88. The fourth-order valence-corrected chi connectivity index (χ4v) is 1.48. The molecule has 6 nitrogen and oxygen atoms in total. The first-order valence-electron chi connectivity index (χ1n) is 5.41. The Morgan fingerprint density at radius 3 is 2.83 bits per heavy atom. The van der Waals surface area contributed by atoms with E-state index in [-0.39, 0.29) is 5.69 Å². The first kappa shape index (κ1) is 11.9. The van der Waals surface area contributed by atoms with Crippen molar-refractivity contribution in [3.05, 3.63) is 35.4 Å². The van der Waals surface area contributed by atoms with Crippen molar-refractivity contribution >= 4 is 5.97 Å². The molecule has 0 atom stereocenters. The molecule has 0 radical (unpaired) electrons. The Balaban J connectivity index is 2.32. The molecule has 2 heterocycles. The van der Waals surface area contributed by atoms with Crippen LogP contribution in [0.3, 0.4) is 0 Å². The number of rotatable bonds is 2. The number of carbonyl (C=O) groups is 1. The zero-order chi connectivity index (χ0) is 13.1. The second-order valence-corrected chi connectivity index (χ2v) is 3.70. The summed E-state index contributed by atoms with van der Waals surface area (Å²) in [5.74, 6) is 4.60. The first-order chi connectivity index (χ1) is 8.60. The number of carboxylic acid groups (broad SMARTS) is 1. The second kappa shape index (κ2) is 4.75. The minimum Gasteiger partial charge on any atom is -0.476 e. The molecule has 6 heteroatoms. The van der Waals surface area contributed by atoms with Gasteiger partial charge < -0.3 is 5.11 Å². The highest BCUT2D eigenvalue weighted by Crippen LogP contribution is 2.05. The van der Waals surface area contributed by atoms with E-state index >= 15 is 0 Å². The van der Waals surface area contributed by atoms with Crippen molar-refractivity contribution in [1.82, 2.24) is 19.6 Å². The number of hydrogen-bond donors (Lipinski definition) is 1. The molecule has 0 bridgehead atoms. The molecule has 0 aliphatic carbocycles. The maximum Gasteiger partial charge on any atom is 0.357 e. The Bertz CT molecular complexity index is 643. The SMILES string of the molecule is CCn1cc(C#Cc2cn(C)nc2C(=O)O)cn1. The molecule has 1 N–H and O–H groups in total. The molecule has 2 rings (SSSR count). The smallest absolute Gasteiger partial charge is 0.357 e. The van der Waals surface area contributed by atoms with Gasteiger partial charge in [0.15, 0.2) is 5.69 Å². The third-order valence-electron chi connectivity index (χ3n) is 2.33. The monoisotopic (exact) mass is 244 g/mol. The minimum atomic E-state index is -1.08. The fraction of sp³-hybridized carbons (Fsp3) is 0.250. The van der Waals surface area contributed by atoms with Crippen molar-refractivity contribution in [3.63, 3.8) is 0 Å². The van der Waals surface area contributed by atoms with Gasteiger partial charge in [-0.25, -0.2) is 4.79 Å². The number of hydrogen-bond acceptors (Lipinski definition) is 3. The Morgan fingerprint density at radius 1 is 1.44 bits per heavy atom. The summed E-state index contributed by atoms with van der Waals surface area (Å²) >= 11 is 0. The van der Waals surface area contributed by atoms with E-state index in [1.54, 1.807) is 24.1 Å². The van der Waals surface area contributed by atoms with E-state index in [4.69, 9.17) is 5.11 Å². The van der Waals surface area contributed by atoms with Crippen LogP contribution in [0.15, 0.2) is 18.6 Å². The lowest BCUT2D eigenvalue weighted by molar-refractivity contribution is 0.0689. The molecule has 0 aliphatic heterocycles. The van der Waals surface area contributed by atoms with E-state index in [1.807, 2.05) is 13.1 Å². The van der Waals surface area contributed by atoms with E-state index in [0.717, 1.165) is 12.1 Å². The van der Waals surface area contributed by atoms with Crippen LogP contribution in [0.2, 0.25) is 0 Å². The molecule has 0 unspecified atom stereocenters.